The molecule has 2 amide bonds. The van der Waals surface area contributed by atoms with E-state index in [4.69, 9.17) is 16.3 Å². The van der Waals surface area contributed by atoms with Gasteiger partial charge in [-0.05, 0) is 56.0 Å². The molecule has 2 aromatic rings. The second-order valence-corrected chi connectivity index (χ2v) is 8.97. The highest BCUT2D eigenvalue weighted by Crippen LogP contribution is 2.45. The van der Waals surface area contributed by atoms with Crippen LogP contribution in [0.25, 0.3) is 0 Å². The van der Waals surface area contributed by atoms with Crippen LogP contribution < -0.4 is 15.0 Å². The Hall–Kier alpha value is -2.53. The number of fused-ring (bicyclic) bond motifs is 1. The van der Waals surface area contributed by atoms with Crippen molar-refractivity contribution in [2.75, 3.05) is 10.2 Å². The van der Waals surface area contributed by atoms with Gasteiger partial charge in [0.25, 0.3) is 5.91 Å². The third-order valence-corrected chi connectivity index (χ3v) is 5.62. The highest BCUT2D eigenvalue weighted by atomic mass is 35.5. The van der Waals surface area contributed by atoms with Crippen molar-refractivity contribution in [2.24, 2.45) is 11.8 Å². The van der Waals surface area contributed by atoms with E-state index in [1.165, 1.54) is 0 Å². The Bertz CT molecular complexity index is 959. The summed E-state index contributed by atoms with van der Waals surface area (Å²) in [4.78, 5) is 27.5. The monoisotopic (exact) mass is 428 g/mol. The van der Waals surface area contributed by atoms with Crippen LogP contribution in [0.4, 0.5) is 17.1 Å². The summed E-state index contributed by atoms with van der Waals surface area (Å²) >= 11 is 6.20. The first-order valence-corrected chi connectivity index (χ1v) is 10.8. The molecule has 0 spiro atoms. The average molecular weight is 429 g/mol. The molecule has 30 heavy (non-hydrogen) atoms. The van der Waals surface area contributed by atoms with Gasteiger partial charge in [0.15, 0.2) is 5.60 Å². The Labute approximate surface area is 183 Å². The summed E-state index contributed by atoms with van der Waals surface area (Å²) in [7, 11) is 0. The molecular formula is C24H29ClN2O3. The first-order valence-electron chi connectivity index (χ1n) is 10.4. The minimum Gasteiger partial charge on any atom is -0.475 e. The van der Waals surface area contributed by atoms with Gasteiger partial charge in [0.1, 0.15) is 5.75 Å². The maximum Gasteiger partial charge on any atom is 0.275 e. The predicted octanol–water partition coefficient (Wildman–Crippen LogP) is 6.19. The fourth-order valence-corrected chi connectivity index (χ4v) is 3.91. The highest BCUT2D eigenvalue weighted by molar-refractivity contribution is 6.31. The molecule has 0 radical (unpaired) electrons. The minimum atomic E-state index is -1.02. The summed E-state index contributed by atoms with van der Waals surface area (Å²) in [5, 5.41) is 3.49. The van der Waals surface area contributed by atoms with E-state index in [0.29, 0.717) is 34.3 Å². The first-order chi connectivity index (χ1) is 14.1. The lowest BCUT2D eigenvalue weighted by atomic mass is 9.90. The molecule has 2 aromatic carbocycles. The van der Waals surface area contributed by atoms with Gasteiger partial charge in [-0.25, -0.2) is 0 Å². The number of benzene rings is 2. The van der Waals surface area contributed by atoms with Crippen molar-refractivity contribution >= 4 is 40.5 Å². The maximum absolute atomic E-state index is 13.5. The molecule has 1 N–H and O–H groups in total. The smallest absolute Gasteiger partial charge is 0.275 e. The van der Waals surface area contributed by atoms with Gasteiger partial charge in [-0.1, -0.05) is 45.4 Å². The quantitative estimate of drug-likeness (QED) is 0.597. The van der Waals surface area contributed by atoms with Crippen LogP contribution >= 0.6 is 11.6 Å². The van der Waals surface area contributed by atoms with Crippen molar-refractivity contribution in [2.45, 2.75) is 53.1 Å². The summed E-state index contributed by atoms with van der Waals surface area (Å²) in [5.41, 5.74) is 0.933. The van der Waals surface area contributed by atoms with Gasteiger partial charge in [0, 0.05) is 22.7 Å². The Morgan fingerprint density at radius 2 is 1.93 bits per heavy atom. The summed E-state index contributed by atoms with van der Waals surface area (Å²) < 4.78 is 6.26. The second kappa shape index (κ2) is 8.68. The SMILES string of the molecule is CC[C@@H](C)C(=O)Nc1ccc2c(c1)O[C@@](C)(CC(C)C)C(=O)N2c1cccc(Cl)c1. The van der Waals surface area contributed by atoms with E-state index in [1.54, 1.807) is 35.2 Å². The van der Waals surface area contributed by atoms with Gasteiger partial charge in [-0.15, -0.1) is 0 Å². The molecule has 160 valence electrons. The molecule has 0 bridgehead atoms. The van der Waals surface area contributed by atoms with Gasteiger partial charge >= 0.3 is 0 Å². The molecule has 0 aromatic heterocycles. The van der Waals surface area contributed by atoms with Crippen LogP contribution in [0.15, 0.2) is 42.5 Å². The van der Waals surface area contributed by atoms with Gasteiger partial charge < -0.3 is 10.1 Å². The summed E-state index contributed by atoms with van der Waals surface area (Å²) in [6.07, 6.45) is 1.32. The number of hydrogen-bond acceptors (Lipinski definition) is 3. The zero-order valence-electron chi connectivity index (χ0n) is 18.2. The molecule has 3 rings (SSSR count). The van der Waals surface area contributed by atoms with Crippen molar-refractivity contribution < 1.29 is 14.3 Å². The molecule has 0 aliphatic carbocycles. The van der Waals surface area contributed by atoms with Crippen molar-refractivity contribution in [3.8, 4) is 5.75 Å². The molecule has 0 fully saturated rings. The fourth-order valence-electron chi connectivity index (χ4n) is 3.72. The molecule has 0 unspecified atom stereocenters. The third kappa shape index (κ3) is 4.46. The molecule has 5 nitrogen and oxygen atoms in total. The zero-order valence-corrected chi connectivity index (χ0v) is 18.9. The van der Waals surface area contributed by atoms with Crippen molar-refractivity contribution in [1.29, 1.82) is 0 Å². The molecular weight excluding hydrogens is 400 g/mol. The lowest BCUT2D eigenvalue weighted by molar-refractivity contribution is -0.134. The number of carbonyl (C=O) groups is 2. The highest BCUT2D eigenvalue weighted by Gasteiger charge is 2.45. The van der Waals surface area contributed by atoms with Gasteiger partial charge in [-0.3, -0.25) is 14.5 Å². The lowest BCUT2D eigenvalue weighted by Gasteiger charge is -2.41. The van der Waals surface area contributed by atoms with Crippen molar-refractivity contribution in [3.05, 3.63) is 47.5 Å². The molecule has 0 saturated heterocycles. The van der Waals surface area contributed by atoms with Crippen LogP contribution in [0, 0.1) is 11.8 Å². The van der Waals surface area contributed by atoms with E-state index in [0.717, 1.165) is 6.42 Å². The summed E-state index contributed by atoms with van der Waals surface area (Å²) in [5.74, 6) is 0.552. The van der Waals surface area contributed by atoms with Crippen LogP contribution in [-0.2, 0) is 9.59 Å². The number of hydrogen-bond donors (Lipinski definition) is 1. The maximum atomic E-state index is 13.5. The molecule has 6 heteroatoms. The van der Waals surface area contributed by atoms with Crippen LogP contribution in [0.3, 0.4) is 0 Å². The number of nitrogens with zero attached hydrogens (tertiary/aromatic N) is 1. The van der Waals surface area contributed by atoms with Crippen LogP contribution in [-0.4, -0.2) is 17.4 Å². The number of amides is 2. The van der Waals surface area contributed by atoms with Crippen LogP contribution in [0.5, 0.6) is 5.75 Å². The fraction of sp³-hybridized carbons (Fsp3) is 0.417. The summed E-state index contributed by atoms with van der Waals surface area (Å²) in [6, 6.07) is 12.6. The van der Waals surface area contributed by atoms with Gasteiger partial charge in [0.2, 0.25) is 5.91 Å². The third-order valence-electron chi connectivity index (χ3n) is 5.38. The zero-order chi connectivity index (χ0) is 22.1. The van der Waals surface area contributed by atoms with Crippen LogP contribution in [0.1, 0.15) is 47.5 Å². The van der Waals surface area contributed by atoms with Crippen LogP contribution in [0.2, 0.25) is 5.02 Å². The number of ether oxygens (including phenoxy) is 1. The van der Waals surface area contributed by atoms with E-state index in [-0.39, 0.29) is 23.7 Å². The lowest BCUT2D eigenvalue weighted by Crippen LogP contribution is -2.53. The Kier molecular flexibility index (Phi) is 6.41. The summed E-state index contributed by atoms with van der Waals surface area (Å²) in [6.45, 7) is 9.81. The second-order valence-electron chi connectivity index (χ2n) is 8.53. The standard InChI is InChI=1S/C24H29ClN2O3/c1-6-16(4)22(28)26-18-10-11-20-21(13-18)30-24(5,14-15(2)3)23(29)27(20)19-9-7-8-17(25)12-19/h7-13,15-16H,6,14H2,1-5H3,(H,26,28)/t16-,24+/m1/s1. The molecule has 0 saturated carbocycles. The normalized spacial score (nSPS) is 19.3. The van der Waals surface area contributed by atoms with E-state index < -0.39 is 5.60 Å². The van der Waals surface area contributed by atoms with Crippen molar-refractivity contribution in [1.82, 2.24) is 0 Å². The molecule has 2 atom stereocenters. The number of anilines is 3. The minimum absolute atomic E-state index is 0.0408. The predicted molar refractivity (Wildman–Crippen MR) is 122 cm³/mol. The number of halogens is 1. The van der Waals surface area contributed by atoms with E-state index in [1.807, 2.05) is 32.9 Å². The topological polar surface area (TPSA) is 58.6 Å². The number of rotatable bonds is 6. The van der Waals surface area contributed by atoms with Crippen molar-refractivity contribution in [3.63, 3.8) is 0 Å². The Balaban J connectivity index is 2.06. The van der Waals surface area contributed by atoms with E-state index in [9.17, 15) is 9.59 Å². The average Bonchev–Trinajstić information content (AvgIpc) is 2.67. The Morgan fingerprint density at radius 1 is 1.20 bits per heavy atom. The first kappa shape index (κ1) is 22.2. The van der Waals surface area contributed by atoms with Gasteiger partial charge in [0.05, 0.1) is 11.4 Å². The largest absolute Gasteiger partial charge is 0.475 e. The van der Waals surface area contributed by atoms with E-state index >= 15 is 0 Å². The van der Waals surface area contributed by atoms with E-state index in [2.05, 4.69) is 19.2 Å². The molecule has 1 aliphatic heterocycles. The molecule has 1 aliphatic rings. The number of carbonyl (C=O) groups excluding carboxylic acids is 2. The molecule has 1 heterocycles. The Morgan fingerprint density at radius 3 is 2.57 bits per heavy atom. The van der Waals surface area contributed by atoms with Gasteiger partial charge in [-0.2, -0.15) is 0 Å². The number of nitrogens with one attached hydrogen (secondary N) is 1.